The maximum atomic E-state index is 12.3. The molecule has 1 aliphatic rings. The van der Waals surface area contributed by atoms with Gasteiger partial charge in [0.05, 0.1) is 5.92 Å². The average Bonchev–Trinajstić information content (AvgIpc) is 2.39. The Balaban J connectivity index is 2.03. The van der Waals surface area contributed by atoms with Gasteiger partial charge < -0.3 is 11.1 Å². The highest BCUT2D eigenvalue weighted by molar-refractivity contribution is 5.93. The molecule has 2 rings (SSSR count). The van der Waals surface area contributed by atoms with E-state index in [0.717, 1.165) is 37.8 Å². The van der Waals surface area contributed by atoms with Crippen molar-refractivity contribution in [2.75, 3.05) is 5.32 Å². The Morgan fingerprint density at radius 3 is 2.63 bits per heavy atom. The zero-order valence-corrected chi connectivity index (χ0v) is 11.9. The van der Waals surface area contributed by atoms with Gasteiger partial charge in [-0.05, 0) is 43.9 Å². The van der Waals surface area contributed by atoms with Crippen molar-refractivity contribution in [3.8, 4) is 0 Å². The van der Waals surface area contributed by atoms with Crippen molar-refractivity contribution in [3.63, 3.8) is 0 Å². The number of rotatable bonds is 3. The lowest BCUT2D eigenvalue weighted by Gasteiger charge is -2.37. The van der Waals surface area contributed by atoms with Gasteiger partial charge in [-0.15, -0.1) is 0 Å². The van der Waals surface area contributed by atoms with Crippen molar-refractivity contribution >= 4 is 11.6 Å². The highest BCUT2D eigenvalue weighted by Gasteiger charge is 2.37. The Kier molecular flexibility index (Phi) is 4.25. The summed E-state index contributed by atoms with van der Waals surface area (Å²) in [5, 5.41) is 3.00. The van der Waals surface area contributed by atoms with Crippen LogP contribution in [0.15, 0.2) is 24.3 Å². The summed E-state index contributed by atoms with van der Waals surface area (Å²) in [5.74, 6) is -0.0129. The van der Waals surface area contributed by atoms with Gasteiger partial charge in [0.15, 0.2) is 0 Å². The van der Waals surface area contributed by atoms with E-state index in [1.54, 1.807) is 0 Å². The molecule has 0 aromatic heterocycles. The molecule has 1 aromatic rings. The van der Waals surface area contributed by atoms with Crippen molar-refractivity contribution in [1.82, 2.24) is 0 Å². The molecule has 1 aromatic carbocycles. The van der Waals surface area contributed by atoms with Gasteiger partial charge >= 0.3 is 0 Å². The van der Waals surface area contributed by atoms with Gasteiger partial charge in [0.25, 0.3) is 0 Å². The fraction of sp³-hybridized carbons (Fsp3) is 0.562. The number of hydrogen-bond donors (Lipinski definition) is 2. The summed E-state index contributed by atoms with van der Waals surface area (Å²) < 4.78 is 0. The summed E-state index contributed by atoms with van der Waals surface area (Å²) in [6.45, 7) is 4.12. The van der Waals surface area contributed by atoms with E-state index in [0.29, 0.717) is 0 Å². The third-order valence-corrected chi connectivity index (χ3v) is 4.20. The van der Waals surface area contributed by atoms with E-state index in [9.17, 15) is 4.79 Å². The van der Waals surface area contributed by atoms with Crippen molar-refractivity contribution in [2.24, 2.45) is 11.7 Å². The van der Waals surface area contributed by atoms with E-state index < -0.39 is 0 Å². The van der Waals surface area contributed by atoms with Crippen LogP contribution in [0.3, 0.4) is 0 Å². The van der Waals surface area contributed by atoms with Gasteiger partial charge in [-0.25, -0.2) is 0 Å². The molecule has 1 fully saturated rings. The third-order valence-electron chi connectivity index (χ3n) is 4.20. The van der Waals surface area contributed by atoms with E-state index in [2.05, 4.69) is 24.4 Å². The first-order valence-electron chi connectivity index (χ1n) is 7.21. The predicted molar refractivity (Wildman–Crippen MR) is 79.0 cm³/mol. The fourth-order valence-corrected chi connectivity index (χ4v) is 2.84. The van der Waals surface area contributed by atoms with Crippen LogP contribution in [0.1, 0.15) is 45.1 Å². The third kappa shape index (κ3) is 3.35. The number of carbonyl (C=O) groups is 1. The summed E-state index contributed by atoms with van der Waals surface area (Å²) in [5.41, 5.74) is 8.03. The van der Waals surface area contributed by atoms with Crippen molar-refractivity contribution in [2.45, 2.75) is 51.5 Å². The number of nitrogens with two attached hydrogens (primary N) is 1. The second-order valence-electron chi connectivity index (χ2n) is 5.84. The zero-order valence-electron chi connectivity index (χ0n) is 11.9. The number of amides is 1. The van der Waals surface area contributed by atoms with Gasteiger partial charge in [-0.1, -0.05) is 31.9 Å². The molecule has 0 bridgehead atoms. The quantitative estimate of drug-likeness (QED) is 0.877. The molecule has 3 nitrogen and oxygen atoms in total. The Morgan fingerprint density at radius 2 is 2.05 bits per heavy atom. The Hall–Kier alpha value is -1.35. The summed E-state index contributed by atoms with van der Waals surface area (Å²) in [7, 11) is 0. The van der Waals surface area contributed by atoms with Crippen LogP contribution in [0.2, 0.25) is 0 Å². The highest BCUT2D eigenvalue weighted by atomic mass is 16.1. The number of aryl methyl sites for hydroxylation is 1. The van der Waals surface area contributed by atoms with E-state index in [-0.39, 0.29) is 17.4 Å². The second kappa shape index (κ2) is 5.74. The monoisotopic (exact) mass is 260 g/mol. The van der Waals surface area contributed by atoms with E-state index in [1.807, 2.05) is 19.1 Å². The van der Waals surface area contributed by atoms with Crippen molar-refractivity contribution in [3.05, 3.63) is 29.8 Å². The molecule has 0 heterocycles. The number of carbonyl (C=O) groups excluding carboxylic acids is 1. The molecule has 0 radical (unpaired) electrons. The van der Waals surface area contributed by atoms with Gasteiger partial charge in [-0.2, -0.15) is 0 Å². The van der Waals surface area contributed by atoms with Crippen LogP contribution < -0.4 is 11.1 Å². The smallest absolute Gasteiger partial charge is 0.229 e. The van der Waals surface area contributed by atoms with Crippen LogP contribution in [0.25, 0.3) is 0 Å². The molecule has 0 spiro atoms. The predicted octanol–water partition coefficient (Wildman–Crippen LogP) is 3.10. The van der Waals surface area contributed by atoms with Crippen molar-refractivity contribution in [1.29, 1.82) is 0 Å². The minimum atomic E-state index is -0.369. The van der Waals surface area contributed by atoms with Crippen LogP contribution in [0, 0.1) is 5.92 Å². The Labute approximate surface area is 115 Å². The lowest BCUT2D eigenvalue weighted by atomic mass is 9.74. The molecule has 2 atom stereocenters. The van der Waals surface area contributed by atoms with Crippen LogP contribution in [-0.4, -0.2) is 11.4 Å². The van der Waals surface area contributed by atoms with Gasteiger partial charge in [0, 0.05) is 11.2 Å². The van der Waals surface area contributed by atoms with E-state index in [1.165, 1.54) is 5.56 Å². The van der Waals surface area contributed by atoms with Crippen LogP contribution in [0.5, 0.6) is 0 Å². The second-order valence-corrected chi connectivity index (χ2v) is 5.84. The lowest BCUT2D eigenvalue weighted by Crippen LogP contribution is -2.51. The summed E-state index contributed by atoms with van der Waals surface area (Å²) >= 11 is 0. The molecule has 0 aliphatic heterocycles. The molecule has 1 amide bonds. The standard InChI is InChI=1S/C16H24N2O/c1-3-12-7-9-13(10-8-12)18-15(19)14-6-4-5-11-16(14,2)17/h7-10,14H,3-6,11,17H2,1-2H3,(H,18,19). The van der Waals surface area contributed by atoms with Crippen molar-refractivity contribution < 1.29 is 4.79 Å². The molecule has 1 aliphatic carbocycles. The lowest BCUT2D eigenvalue weighted by molar-refractivity contribution is -0.122. The highest BCUT2D eigenvalue weighted by Crippen LogP contribution is 2.32. The molecule has 2 unspecified atom stereocenters. The average molecular weight is 260 g/mol. The first-order chi connectivity index (χ1) is 9.03. The summed E-state index contributed by atoms with van der Waals surface area (Å²) in [6, 6.07) is 8.04. The van der Waals surface area contributed by atoms with Crippen LogP contribution in [0.4, 0.5) is 5.69 Å². The van der Waals surface area contributed by atoms with Gasteiger partial charge in [0.2, 0.25) is 5.91 Å². The number of nitrogens with one attached hydrogen (secondary N) is 1. The SMILES string of the molecule is CCc1ccc(NC(=O)C2CCCCC2(C)N)cc1. The molecular formula is C16H24N2O. The number of anilines is 1. The van der Waals surface area contributed by atoms with Crippen LogP contribution in [-0.2, 0) is 11.2 Å². The Morgan fingerprint density at radius 1 is 1.37 bits per heavy atom. The minimum absolute atomic E-state index is 0.0638. The maximum Gasteiger partial charge on any atom is 0.229 e. The van der Waals surface area contributed by atoms with Gasteiger partial charge in [-0.3, -0.25) is 4.79 Å². The van der Waals surface area contributed by atoms with Gasteiger partial charge in [0.1, 0.15) is 0 Å². The van der Waals surface area contributed by atoms with Crippen LogP contribution >= 0.6 is 0 Å². The normalized spacial score (nSPS) is 27.0. The molecule has 19 heavy (non-hydrogen) atoms. The van der Waals surface area contributed by atoms with E-state index >= 15 is 0 Å². The van der Waals surface area contributed by atoms with E-state index in [4.69, 9.17) is 5.73 Å². The first kappa shape index (κ1) is 14.1. The number of benzene rings is 1. The summed E-state index contributed by atoms with van der Waals surface area (Å²) in [4.78, 5) is 12.3. The molecular weight excluding hydrogens is 236 g/mol. The molecule has 0 saturated heterocycles. The molecule has 1 saturated carbocycles. The zero-order chi connectivity index (χ0) is 13.9. The molecule has 3 N–H and O–H groups in total. The maximum absolute atomic E-state index is 12.3. The largest absolute Gasteiger partial charge is 0.326 e. The minimum Gasteiger partial charge on any atom is -0.326 e. The fourth-order valence-electron chi connectivity index (χ4n) is 2.84. The first-order valence-corrected chi connectivity index (χ1v) is 7.21. The number of hydrogen-bond acceptors (Lipinski definition) is 2. The summed E-state index contributed by atoms with van der Waals surface area (Å²) in [6.07, 6.45) is 5.06. The molecule has 104 valence electrons. The molecule has 3 heteroatoms. The Bertz CT molecular complexity index is 437. The topological polar surface area (TPSA) is 55.1 Å².